The third kappa shape index (κ3) is 16.4. The summed E-state index contributed by atoms with van der Waals surface area (Å²) in [6, 6.07) is 24.0. The van der Waals surface area contributed by atoms with Crippen LogP contribution in [0.25, 0.3) is 0 Å². The molecule has 12 heteroatoms. The van der Waals surface area contributed by atoms with Crippen molar-refractivity contribution in [2.24, 2.45) is 0 Å². The van der Waals surface area contributed by atoms with Gasteiger partial charge < -0.3 is 35.3 Å². The minimum absolute atomic E-state index is 0.194. The number of carbonyl (C=O) groups is 1. The van der Waals surface area contributed by atoms with Crippen LogP contribution in [0.3, 0.4) is 0 Å². The van der Waals surface area contributed by atoms with Gasteiger partial charge in [0.15, 0.2) is 0 Å². The number of rotatable bonds is 12. The summed E-state index contributed by atoms with van der Waals surface area (Å²) in [5, 5.41) is 5.78. The average molecular weight is 677 g/mol. The number of benzene rings is 3. The fraction of sp³-hybridized carbons (Fsp3) is 0.441. The van der Waals surface area contributed by atoms with Gasteiger partial charge in [-0.2, -0.15) is 0 Å². The first-order valence-electron chi connectivity index (χ1n) is 15.6. The molecule has 0 spiro atoms. The lowest BCUT2D eigenvalue weighted by molar-refractivity contribution is 0.0357. The van der Waals surface area contributed by atoms with Crippen molar-refractivity contribution in [3.63, 3.8) is 0 Å². The van der Waals surface area contributed by atoms with E-state index in [1.54, 1.807) is 0 Å². The second-order valence-electron chi connectivity index (χ2n) is 10.5. The van der Waals surface area contributed by atoms with Crippen molar-refractivity contribution in [3.8, 4) is 11.5 Å². The molecule has 0 radical (unpaired) electrons. The fourth-order valence-electron chi connectivity index (χ4n) is 4.62. The van der Waals surface area contributed by atoms with Crippen LogP contribution in [-0.4, -0.2) is 100 Å². The summed E-state index contributed by atoms with van der Waals surface area (Å²) < 4.78 is 22.0. The topological polar surface area (TPSA) is 111 Å². The van der Waals surface area contributed by atoms with Gasteiger partial charge in [-0.15, -0.1) is 23.2 Å². The van der Waals surface area contributed by atoms with Gasteiger partial charge >= 0.3 is 6.03 Å². The molecular formula is C34H47Cl2N5O5. The van der Waals surface area contributed by atoms with Crippen LogP contribution in [0.1, 0.15) is 12.8 Å². The van der Waals surface area contributed by atoms with Crippen LogP contribution < -0.4 is 25.8 Å². The van der Waals surface area contributed by atoms with Crippen molar-refractivity contribution in [2.45, 2.75) is 12.8 Å². The summed E-state index contributed by atoms with van der Waals surface area (Å²) in [5.74, 6) is 1.70. The van der Waals surface area contributed by atoms with E-state index in [0.717, 1.165) is 114 Å². The maximum atomic E-state index is 12.0. The smallest absolute Gasteiger partial charge is 0.323 e. The highest BCUT2D eigenvalue weighted by molar-refractivity contribution is 6.40. The van der Waals surface area contributed by atoms with Crippen molar-refractivity contribution in [1.82, 2.24) is 9.80 Å². The number of amides is 2. The molecule has 0 saturated carbocycles. The Kier molecular flexibility index (Phi) is 18.7. The maximum Gasteiger partial charge on any atom is 0.323 e. The Morgan fingerprint density at radius 3 is 1.54 bits per heavy atom. The Balaban J connectivity index is 0.000000248. The van der Waals surface area contributed by atoms with E-state index in [-0.39, 0.29) is 11.4 Å². The van der Waals surface area contributed by atoms with Crippen LogP contribution in [0.15, 0.2) is 78.9 Å². The number of hydrogen-bond donors (Lipinski definition) is 3. The molecule has 2 saturated heterocycles. The molecule has 2 fully saturated rings. The predicted molar refractivity (Wildman–Crippen MR) is 188 cm³/mol. The Morgan fingerprint density at radius 2 is 1.09 bits per heavy atom. The van der Waals surface area contributed by atoms with Crippen molar-refractivity contribution < 1.29 is 23.7 Å². The van der Waals surface area contributed by atoms with E-state index in [4.69, 9.17) is 47.9 Å². The maximum absolute atomic E-state index is 12.0. The van der Waals surface area contributed by atoms with E-state index in [1.807, 2.05) is 78.9 Å². The number of urea groups is 1. The zero-order valence-corrected chi connectivity index (χ0v) is 27.9. The van der Waals surface area contributed by atoms with E-state index in [9.17, 15) is 4.79 Å². The zero-order valence-electron chi connectivity index (χ0n) is 26.4. The van der Waals surface area contributed by atoms with Crippen LogP contribution in [0, 0.1) is 0 Å². The molecule has 0 unspecified atom stereocenters. The average Bonchev–Trinajstić information content (AvgIpc) is 3.09. The quantitative estimate of drug-likeness (QED) is 0.118. The summed E-state index contributed by atoms with van der Waals surface area (Å²) in [7, 11) is 0. The van der Waals surface area contributed by atoms with E-state index in [1.165, 1.54) is 0 Å². The van der Waals surface area contributed by atoms with Gasteiger partial charge in [0.1, 0.15) is 11.5 Å². The number of carbonyl (C=O) groups excluding carboxylic acids is 1. The zero-order chi connectivity index (χ0) is 32.7. The first-order chi connectivity index (χ1) is 22.6. The SMILES string of the molecule is ClCCl.Nc1ccc(OCCCN2CCOCC2)cc1.O=C(Nc1ccccc1)Nc1ccc(OCCCN2CCOCC2)cc1. The van der Waals surface area contributed by atoms with Gasteiger partial charge in [-0.3, -0.25) is 9.80 Å². The van der Waals surface area contributed by atoms with Crippen molar-refractivity contribution in [1.29, 1.82) is 0 Å². The number of halogens is 2. The molecule has 3 aromatic rings. The minimum Gasteiger partial charge on any atom is -0.494 e. The van der Waals surface area contributed by atoms with Gasteiger partial charge in [-0.25, -0.2) is 4.79 Å². The molecule has 3 aromatic carbocycles. The molecule has 2 aliphatic heterocycles. The van der Waals surface area contributed by atoms with E-state index >= 15 is 0 Å². The number of nitrogen functional groups attached to an aromatic ring is 1. The molecule has 0 aromatic heterocycles. The second kappa shape index (κ2) is 23.1. The Hall–Kier alpha value is -3.25. The van der Waals surface area contributed by atoms with Crippen molar-refractivity contribution in [2.75, 3.05) is 101 Å². The highest BCUT2D eigenvalue weighted by Gasteiger charge is 2.10. The lowest BCUT2D eigenvalue weighted by atomic mass is 10.3. The van der Waals surface area contributed by atoms with Crippen LogP contribution in [-0.2, 0) is 9.47 Å². The molecule has 5 rings (SSSR count). The molecule has 46 heavy (non-hydrogen) atoms. The number of nitrogens with two attached hydrogens (primary N) is 1. The molecule has 0 bridgehead atoms. The van der Waals surface area contributed by atoms with E-state index in [0.29, 0.717) is 6.61 Å². The summed E-state index contributed by atoms with van der Waals surface area (Å²) in [6.45, 7) is 11.0. The predicted octanol–water partition coefficient (Wildman–Crippen LogP) is 6.22. The summed E-state index contributed by atoms with van der Waals surface area (Å²) >= 11 is 9.53. The second-order valence-corrected chi connectivity index (χ2v) is 11.3. The normalized spacial score (nSPS) is 14.9. The summed E-state index contributed by atoms with van der Waals surface area (Å²) in [6.07, 6.45) is 2.03. The summed E-state index contributed by atoms with van der Waals surface area (Å²) in [5.41, 5.74) is 7.85. The van der Waals surface area contributed by atoms with Crippen LogP contribution in [0.4, 0.5) is 21.9 Å². The number of anilines is 3. The minimum atomic E-state index is -0.268. The van der Waals surface area contributed by atoms with Gasteiger partial charge in [-0.05, 0) is 73.5 Å². The van der Waals surface area contributed by atoms with Gasteiger partial charge in [-0.1, -0.05) is 18.2 Å². The Bertz CT molecular complexity index is 1200. The molecule has 10 nitrogen and oxygen atoms in total. The molecule has 2 amide bonds. The van der Waals surface area contributed by atoms with E-state index < -0.39 is 0 Å². The first kappa shape index (κ1) is 37.2. The third-order valence-electron chi connectivity index (χ3n) is 7.01. The molecule has 2 aliphatic rings. The van der Waals surface area contributed by atoms with Gasteiger partial charge in [0, 0.05) is 56.3 Å². The lowest BCUT2D eigenvalue weighted by Gasteiger charge is -2.26. The molecule has 4 N–H and O–H groups in total. The number of nitrogens with zero attached hydrogens (tertiary/aromatic N) is 2. The molecule has 0 atom stereocenters. The molecular weight excluding hydrogens is 629 g/mol. The largest absolute Gasteiger partial charge is 0.494 e. The fourth-order valence-corrected chi connectivity index (χ4v) is 4.62. The van der Waals surface area contributed by atoms with Crippen LogP contribution >= 0.6 is 23.2 Å². The van der Waals surface area contributed by atoms with E-state index in [2.05, 4.69) is 20.4 Å². The number of nitrogens with one attached hydrogen (secondary N) is 2. The Morgan fingerprint density at radius 1 is 0.674 bits per heavy atom. The van der Waals surface area contributed by atoms with Gasteiger partial charge in [0.2, 0.25) is 0 Å². The van der Waals surface area contributed by atoms with Gasteiger partial charge in [0.05, 0.1) is 45.0 Å². The van der Waals surface area contributed by atoms with Crippen LogP contribution in [0.5, 0.6) is 11.5 Å². The Labute approximate surface area is 283 Å². The standard InChI is InChI=1S/C20H25N3O3.C13H20N2O2.CH2Cl2/c24-20(21-17-5-2-1-3-6-17)22-18-7-9-19(10-8-18)26-14-4-11-23-12-15-25-16-13-23;14-12-2-4-13(5-3-12)17-9-1-6-15-7-10-16-11-8-15;2-1-3/h1-3,5-10H,4,11-16H2,(H2,21,22,24);2-5H,1,6-11,14H2;1H2. The van der Waals surface area contributed by atoms with Crippen molar-refractivity contribution >= 4 is 46.3 Å². The molecule has 0 aliphatic carbocycles. The number of hydrogen-bond acceptors (Lipinski definition) is 8. The number of alkyl halides is 2. The van der Waals surface area contributed by atoms with Crippen molar-refractivity contribution in [3.05, 3.63) is 78.9 Å². The molecule has 2 heterocycles. The highest BCUT2D eigenvalue weighted by atomic mass is 35.5. The third-order valence-corrected chi connectivity index (χ3v) is 7.01. The monoisotopic (exact) mass is 675 g/mol. The summed E-state index contributed by atoms with van der Waals surface area (Å²) in [4.78, 5) is 16.8. The number of para-hydroxylation sites is 1. The number of morpholine rings is 2. The van der Waals surface area contributed by atoms with Crippen LogP contribution in [0.2, 0.25) is 0 Å². The highest BCUT2D eigenvalue weighted by Crippen LogP contribution is 2.17. The first-order valence-corrected chi connectivity index (χ1v) is 16.7. The lowest BCUT2D eigenvalue weighted by Crippen LogP contribution is -2.37. The van der Waals surface area contributed by atoms with Gasteiger partial charge in [0.25, 0.3) is 0 Å². The number of ether oxygens (including phenoxy) is 4. The molecule has 252 valence electrons.